The van der Waals surface area contributed by atoms with Crippen molar-refractivity contribution in [1.29, 1.82) is 0 Å². The Morgan fingerprint density at radius 1 is 1.18 bits per heavy atom. The van der Waals surface area contributed by atoms with Gasteiger partial charge in [-0.15, -0.1) is 0 Å². The van der Waals surface area contributed by atoms with Crippen LogP contribution in [0.4, 0.5) is 0 Å². The Bertz CT molecular complexity index is 1190. The van der Waals surface area contributed by atoms with Crippen molar-refractivity contribution >= 4 is 40.5 Å². The van der Waals surface area contributed by atoms with E-state index in [0.717, 1.165) is 31.5 Å². The van der Waals surface area contributed by atoms with Crippen molar-refractivity contribution in [2.75, 3.05) is 25.5 Å². The van der Waals surface area contributed by atoms with Gasteiger partial charge >= 0.3 is 11.9 Å². The van der Waals surface area contributed by atoms with E-state index in [1.165, 1.54) is 22.7 Å². The van der Waals surface area contributed by atoms with Crippen LogP contribution in [-0.2, 0) is 32.0 Å². The van der Waals surface area contributed by atoms with E-state index in [2.05, 4.69) is 4.98 Å². The first kappa shape index (κ1) is 23.0. The molecule has 33 heavy (non-hydrogen) atoms. The van der Waals surface area contributed by atoms with Gasteiger partial charge in [0, 0.05) is 13.0 Å². The molecule has 0 aliphatic carbocycles. The lowest BCUT2D eigenvalue weighted by atomic mass is 10.1. The Hall–Kier alpha value is -3.14. The van der Waals surface area contributed by atoms with Crippen LogP contribution in [0.3, 0.4) is 0 Å². The van der Waals surface area contributed by atoms with E-state index in [1.807, 2.05) is 0 Å². The van der Waals surface area contributed by atoms with Gasteiger partial charge in [0.2, 0.25) is 5.91 Å². The summed E-state index contributed by atoms with van der Waals surface area (Å²) in [7, 11) is 0. The Morgan fingerprint density at radius 2 is 2.03 bits per heavy atom. The first-order valence-electron chi connectivity index (χ1n) is 11.0. The van der Waals surface area contributed by atoms with Gasteiger partial charge in [0.15, 0.2) is 0 Å². The number of aryl methyl sites for hydroxylation is 1. The Balaban J connectivity index is 1.44. The molecule has 2 aliphatic rings. The molecule has 1 saturated heterocycles. The molecule has 3 heterocycles. The molecule has 1 aromatic heterocycles. The molecule has 2 aromatic rings. The van der Waals surface area contributed by atoms with Gasteiger partial charge in [-0.2, -0.15) is 0 Å². The number of rotatable bonds is 6. The van der Waals surface area contributed by atoms with Crippen LogP contribution in [0.1, 0.15) is 42.4 Å². The molecule has 0 saturated carbocycles. The summed E-state index contributed by atoms with van der Waals surface area (Å²) < 4.78 is 12.0. The van der Waals surface area contributed by atoms with E-state index >= 15 is 0 Å². The van der Waals surface area contributed by atoms with Crippen molar-refractivity contribution in [3.63, 3.8) is 0 Å². The highest BCUT2D eigenvalue weighted by Crippen LogP contribution is 2.28. The number of amides is 1. The third-order valence-electron chi connectivity index (χ3n) is 5.54. The fourth-order valence-electron chi connectivity index (χ4n) is 3.91. The fourth-order valence-corrected chi connectivity index (χ4v) is 4.87. The fraction of sp³-hybridized carbons (Fsp3) is 0.435. The van der Waals surface area contributed by atoms with Gasteiger partial charge in [0.05, 0.1) is 46.5 Å². The highest BCUT2D eigenvalue weighted by atomic mass is 32.2. The first-order chi connectivity index (χ1) is 16.0. The summed E-state index contributed by atoms with van der Waals surface area (Å²) in [6.45, 7) is 2.71. The SMILES string of the molecule is CCOC(=O)C=C1SCC(=O)N1CCOC(=O)c1ccc2c(=O)n3c(nc2c1)CCCCC3. The minimum Gasteiger partial charge on any atom is -0.463 e. The van der Waals surface area contributed by atoms with Crippen LogP contribution in [0.5, 0.6) is 0 Å². The molecular weight excluding hydrogens is 446 g/mol. The van der Waals surface area contributed by atoms with Crippen LogP contribution in [0, 0.1) is 0 Å². The maximum absolute atomic E-state index is 12.8. The van der Waals surface area contributed by atoms with Crippen LogP contribution < -0.4 is 5.56 Å². The molecule has 0 radical (unpaired) electrons. The smallest absolute Gasteiger partial charge is 0.338 e. The third kappa shape index (κ3) is 5.11. The molecule has 10 heteroatoms. The van der Waals surface area contributed by atoms with Gasteiger partial charge in [-0.25, -0.2) is 14.6 Å². The second-order valence-electron chi connectivity index (χ2n) is 7.73. The molecule has 1 aromatic carbocycles. The second-order valence-corrected chi connectivity index (χ2v) is 8.73. The molecule has 1 amide bonds. The minimum atomic E-state index is -0.566. The Morgan fingerprint density at radius 3 is 2.85 bits per heavy atom. The van der Waals surface area contributed by atoms with Gasteiger partial charge in [0.1, 0.15) is 12.4 Å². The quantitative estimate of drug-likeness (QED) is 0.466. The number of carbonyl (C=O) groups excluding carboxylic acids is 3. The Labute approximate surface area is 194 Å². The van der Waals surface area contributed by atoms with Gasteiger partial charge in [-0.05, 0) is 38.0 Å². The number of esters is 2. The molecule has 0 N–H and O–H groups in total. The van der Waals surface area contributed by atoms with Crippen LogP contribution in [0.2, 0.25) is 0 Å². The molecule has 0 bridgehead atoms. The number of hydrogen-bond acceptors (Lipinski definition) is 8. The minimum absolute atomic E-state index is 0.0381. The molecule has 0 unspecified atom stereocenters. The van der Waals surface area contributed by atoms with Gasteiger partial charge in [0.25, 0.3) is 5.56 Å². The number of nitrogens with zero attached hydrogens (tertiary/aromatic N) is 3. The standard InChI is InChI=1S/C23H25N3O6S/c1-2-31-21(28)13-20-26(19(27)14-33-20)10-11-32-23(30)15-7-8-16-17(12-15)24-18-6-4-3-5-9-25(18)22(16)29/h7-8,12-13H,2-6,9-11,14H2,1H3. The summed E-state index contributed by atoms with van der Waals surface area (Å²) in [4.78, 5) is 55.3. The van der Waals surface area contributed by atoms with Crippen molar-refractivity contribution < 1.29 is 23.9 Å². The van der Waals surface area contributed by atoms with E-state index in [0.29, 0.717) is 22.5 Å². The number of thioether (sulfide) groups is 1. The molecule has 2 aliphatic heterocycles. The van der Waals surface area contributed by atoms with E-state index in [1.54, 1.807) is 29.7 Å². The molecule has 0 spiro atoms. The molecule has 174 valence electrons. The summed E-state index contributed by atoms with van der Waals surface area (Å²) in [5, 5.41) is 0.955. The van der Waals surface area contributed by atoms with E-state index in [9.17, 15) is 19.2 Å². The van der Waals surface area contributed by atoms with Gasteiger partial charge in [-0.1, -0.05) is 18.2 Å². The van der Waals surface area contributed by atoms with Crippen LogP contribution in [0.15, 0.2) is 34.1 Å². The number of fused-ring (bicyclic) bond motifs is 2. The lowest BCUT2D eigenvalue weighted by Gasteiger charge is -2.17. The second kappa shape index (κ2) is 10.2. The third-order valence-corrected chi connectivity index (χ3v) is 6.56. The zero-order chi connectivity index (χ0) is 23.4. The summed E-state index contributed by atoms with van der Waals surface area (Å²) >= 11 is 1.24. The molecule has 0 atom stereocenters. The molecular formula is C23H25N3O6S. The van der Waals surface area contributed by atoms with Crippen molar-refractivity contribution in [3.8, 4) is 0 Å². The topological polar surface area (TPSA) is 108 Å². The van der Waals surface area contributed by atoms with E-state index < -0.39 is 11.9 Å². The van der Waals surface area contributed by atoms with Crippen molar-refractivity contribution in [2.24, 2.45) is 0 Å². The zero-order valence-electron chi connectivity index (χ0n) is 18.4. The summed E-state index contributed by atoms with van der Waals surface area (Å²) in [5.41, 5.74) is 0.688. The maximum Gasteiger partial charge on any atom is 0.338 e. The molecule has 1 fully saturated rings. The average Bonchev–Trinajstić information content (AvgIpc) is 2.99. The predicted molar refractivity (Wildman–Crippen MR) is 123 cm³/mol. The van der Waals surface area contributed by atoms with Crippen molar-refractivity contribution in [3.05, 3.63) is 51.0 Å². The van der Waals surface area contributed by atoms with Crippen LogP contribution in [-0.4, -0.2) is 57.8 Å². The summed E-state index contributed by atoms with van der Waals surface area (Å²) in [6.07, 6.45) is 5.02. The van der Waals surface area contributed by atoms with E-state index in [4.69, 9.17) is 9.47 Å². The van der Waals surface area contributed by atoms with E-state index in [-0.39, 0.29) is 42.5 Å². The van der Waals surface area contributed by atoms with Gasteiger partial charge < -0.3 is 14.4 Å². The summed E-state index contributed by atoms with van der Waals surface area (Å²) in [6, 6.07) is 4.74. The van der Waals surface area contributed by atoms with Crippen molar-refractivity contribution in [1.82, 2.24) is 14.5 Å². The lowest BCUT2D eigenvalue weighted by molar-refractivity contribution is -0.137. The zero-order valence-corrected chi connectivity index (χ0v) is 19.2. The highest BCUT2D eigenvalue weighted by molar-refractivity contribution is 8.04. The monoisotopic (exact) mass is 471 g/mol. The average molecular weight is 472 g/mol. The number of benzene rings is 1. The number of ether oxygens (including phenoxy) is 2. The molecule has 9 nitrogen and oxygen atoms in total. The summed E-state index contributed by atoms with van der Waals surface area (Å²) in [5.74, 6) is -0.280. The lowest BCUT2D eigenvalue weighted by Crippen LogP contribution is -2.29. The largest absolute Gasteiger partial charge is 0.463 e. The van der Waals surface area contributed by atoms with Gasteiger partial charge in [-0.3, -0.25) is 14.2 Å². The number of hydrogen-bond donors (Lipinski definition) is 0. The van der Waals surface area contributed by atoms with Crippen LogP contribution in [0.25, 0.3) is 10.9 Å². The number of aromatic nitrogens is 2. The predicted octanol–water partition coefficient (Wildman–Crippen LogP) is 2.26. The molecule has 4 rings (SSSR count). The maximum atomic E-state index is 12.8. The Kier molecular flexibility index (Phi) is 7.12. The normalized spacial score (nSPS) is 17.2. The van der Waals surface area contributed by atoms with Crippen LogP contribution >= 0.6 is 11.8 Å². The van der Waals surface area contributed by atoms with Crippen molar-refractivity contribution in [2.45, 2.75) is 39.2 Å². The highest BCUT2D eigenvalue weighted by Gasteiger charge is 2.27. The number of carbonyl (C=O) groups is 3. The first-order valence-corrected chi connectivity index (χ1v) is 12.0.